The van der Waals surface area contributed by atoms with Crippen LogP contribution in [0.25, 0.3) is 0 Å². The van der Waals surface area contributed by atoms with Crippen LogP contribution in [0.1, 0.15) is 5.56 Å². The van der Waals surface area contributed by atoms with Crippen LogP contribution in [-0.4, -0.2) is 0 Å². The van der Waals surface area contributed by atoms with Gasteiger partial charge in [0, 0.05) is 0 Å². The van der Waals surface area contributed by atoms with Crippen molar-refractivity contribution in [2.75, 3.05) is 5.73 Å². The number of hydrogen-bond acceptors (Lipinski definition) is 2. The summed E-state index contributed by atoms with van der Waals surface area (Å²) in [7, 11) is 0. The molecule has 0 fully saturated rings. The Balaban J connectivity index is 3.53. The van der Waals surface area contributed by atoms with Gasteiger partial charge >= 0.3 is 0 Å². The van der Waals surface area contributed by atoms with Crippen LogP contribution < -0.4 is 11.1 Å². The molecule has 0 aliphatic heterocycles. The standard InChI is InChI=1S/C8H10N2/c1-6-4-2-3-5-7(9)8(6)10/h2-5H,1H3,(H3,9,10). The summed E-state index contributed by atoms with van der Waals surface area (Å²) in [6.45, 7) is 1.87. The monoisotopic (exact) mass is 134 g/mol. The lowest BCUT2D eigenvalue weighted by atomic mass is 10.3. The smallest absolute Gasteiger partial charge is 0.0798 e. The summed E-state index contributed by atoms with van der Waals surface area (Å²) in [4.78, 5) is 0. The minimum atomic E-state index is 0.421. The van der Waals surface area contributed by atoms with Gasteiger partial charge in [-0.25, -0.2) is 0 Å². The molecule has 0 radical (unpaired) electrons. The zero-order valence-corrected chi connectivity index (χ0v) is 5.89. The molecule has 1 aromatic rings. The molecule has 0 aliphatic carbocycles. The molecule has 1 aromatic carbocycles. The molecule has 10 heavy (non-hydrogen) atoms. The fraction of sp³-hybridized carbons (Fsp3) is 0.125. The van der Waals surface area contributed by atoms with E-state index in [-0.39, 0.29) is 0 Å². The third kappa shape index (κ3) is 1.16. The van der Waals surface area contributed by atoms with Crippen LogP contribution in [0, 0.1) is 12.3 Å². The molecule has 2 nitrogen and oxygen atoms in total. The van der Waals surface area contributed by atoms with Gasteiger partial charge < -0.3 is 5.73 Å². The highest BCUT2D eigenvalue weighted by Gasteiger charge is 1.87. The Hall–Kier alpha value is -1.31. The number of nitrogens with one attached hydrogen (secondary N) is 1. The summed E-state index contributed by atoms with van der Waals surface area (Å²) >= 11 is 0. The second kappa shape index (κ2) is 2.52. The highest BCUT2D eigenvalue weighted by molar-refractivity contribution is 5.37. The van der Waals surface area contributed by atoms with Gasteiger partial charge in [0.25, 0.3) is 0 Å². The minimum absolute atomic E-state index is 0.421. The number of nitrogens with two attached hydrogens (primary N) is 1. The van der Waals surface area contributed by atoms with Crippen molar-refractivity contribution in [1.82, 2.24) is 0 Å². The van der Waals surface area contributed by atoms with E-state index in [1.165, 1.54) is 0 Å². The molecule has 2 heteroatoms. The lowest BCUT2D eigenvalue weighted by Crippen LogP contribution is -2.07. The van der Waals surface area contributed by atoms with Gasteiger partial charge in [0.05, 0.1) is 11.0 Å². The van der Waals surface area contributed by atoms with Gasteiger partial charge in [-0.1, -0.05) is 18.2 Å². The average molecular weight is 134 g/mol. The normalized spacial score (nSPS) is 9.30. The first kappa shape index (κ1) is 6.81. The fourth-order valence-electron chi connectivity index (χ4n) is 0.753. The van der Waals surface area contributed by atoms with E-state index in [2.05, 4.69) is 0 Å². The molecule has 52 valence electrons. The summed E-state index contributed by atoms with van der Waals surface area (Å²) in [5, 5.41) is 7.86. The number of anilines is 1. The van der Waals surface area contributed by atoms with Crippen LogP contribution in [-0.2, 0) is 0 Å². The molecular weight excluding hydrogens is 124 g/mol. The Morgan fingerprint density at radius 3 is 2.60 bits per heavy atom. The van der Waals surface area contributed by atoms with Crippen molar-refractivity contribution in [2.24, 2.45) is 0 Å². The minimum Gasteiger partial charge on any atom is -0.397 e. The van der Waals surface area contributed by atoms with Crippen molar-refractivity contribution in [3.8, 4) is 0 Å². The Bertz CT molecular complexity index is 264. The predicted molar refractivity (Wildman–Crippen MR) is 41.4 cm³/mol. The van der Waals surface area contributed by atoms with Gasteiger partial charge in [-0.05, 0) is 18.6 Å². The van der Waals surface area contributed by atoms with E-state index in [0.29, 0.717) is 11.0 Å². The Kier molecular flexibility index (Phi) is 1.71. The van der Waals surface area contributed by atoms with Gasteiger partial charge in [-0.2, -0.15) is 0 Å². The lowest BCUT2D eigenvalue weighted by Gasteiger charge is -1.86. The van der Waals surface area contributed by atoms with E-state index in [9.17, 15) is 0 Å². The SMILES string of the molecule is Cc1ccccc(N)c1=N. The van der Waals surface area contributed by atoms with Crippen molar-refractivity contribution in [3.05, 3.63) is 35.2 Å². The van der Waals surface area contributed by atoms with Crippen LogP contribution in [0.5, 0.6) is 0 Å². The van der Waals surface area contributed by atoms with Gasteiger partial charge in [0.15, 0.2) is 0 Å². The first-order chi connectivity index (χ1) is 4.72. The van der Waals surface area contributed by atoms with Crippen LogP contribution in [0.4, 0.5) is 5.69 Å². The molecule has 0 aromatic heterocycles. The highest BCUT2D eigenvalue weighted by atomic mass is 14.6. The molecule has 0 unspecified atom stereocenters. The maximum atomic E-state index is 7.44. The van der Waals surface area contributed by atoms with E-state index < -0.39 is 0 Å². The van der Waals surface area contributed by atoms with Gasteiger partial charge in [0.2, 0.25) is 0 Å². The second-order valence-electron chi connectivity index (χ2n) is 2.23. The van der Waals surface area contributed by atoms with E-state index in [1.807, 2.05) is 25.1 Å². The largest absolute Gasteiger partial charge is 0.397 e. The van der Waals surface area contributed by atoms with E-state index in [0.717, 1.165) is 5.56 Å². The van der Waals surface area contributed by atoms with Crippen molar-refractivity contribution >= 4 is 5.69 Å². The van der Waals surface area contributed by atoms with Gasteiger partial charge in [0.1, 0.15) is 0 Å². The summed E-state index contributed by atoms with van der Waals surface area (Å²) in [6, 6.07) is 7.32. The zero-order valence-electron chi connectivity index (χ0n) is 5.89. The first-order valence-corrected chi connectivity index (χ1v) is 3.12. The molecule has 0 aliphatic rings. The lowest BCUT2D eigenvalue weighted by molar-refractivity contribution is 1.23. The third-order valence-corrected chi connectivity index (χ3v) is 1.42. The predicted octanol–water partition coefficient (Wildman–Crippen LogP) is 1.06. The zero-order chi connectivity index (χ0) is 7.56. The summed E-state index contributed by atoms with van der Waals surface area (Å²) in [5.74, 6) is 0. The van der Waals surface area contributed by atoms with Crippen LogP contribution in [0.15, 0.2) is 24.3 Å². The van der Waals surface area contributed by atoms with E-state index >= 15 is 0 Å². The molecule has 1 rings (SSSR count). The van der Waals surface area contributed by atoms with Crippen molar-refractivity contribution < 1.29 is 0 Å². The van der Waals surface area contributed by atoms with Crippen LogP contribution >= 0.6 is 0 Å². The molecule has 0 amide bonds. The van der Waals surface area contributed by atoms with Crippen molar-refractivity contribution in [2.45, 2.75) is 6.92 Å². The highest BCUT2D eigenvalue weighted by Crippen LogP contribution is 1.92. The maximum absolute atomic E-state index is 7.44. The molecule has 0 saturated heterocycles. The van der Waals surface area contributed by atoms with Crippen molar-refractivity contribution in [3.63, 3.8) is 0 Å². The van der Waals surface area contributed by atoms with E-state index in [4.69, 9.17) is 11.1 Å². The Morgan fingerprint density at radius 2 is 1.90 bits per heavy atom. The number of nitrogen functional groups attached to an aromatic ring is 1. The summed E-state index contributed by atoms with van der Waals surface area (Å²) in [5.41, 5.74) is 6.95. The van der Waals surface area contributed by atoms with Crippen molar-refractivity contribution in [1.29, 1.82) is 5.41 Å². The molecule has 0 spiro atoms. The Labute approximate surface area is 59.8 Å². The van der Waals surface area contributed by atoms with E-state index in [1.54, 1.807) is 6.07 Å². The van der Waals surface area contributed by atoms with Crippen LogP contribution in [0.2, 0.25) is 0 Å². The molecule has 0 bridgehead atoms. The number of hydrogen-bond donors (Lipinski definition) is 2. The summed E-state index contributed by atoms with van der Waals surface area (Å²) < 4.78 is 0. The second-order valence-corrected chi connectivity index (χ2v) is 2.23. The first-order valence-electron chi connectivity index (χ1n) is 3.12. The number of aryl methyl sites for hydroxylation is 1. The third-order valence-electron chi connectivity index (χ3n) is 1.42. The quantitative estimate of drug-likeness (QED) is 0.547. The van der Waals surface area contributed by atoms with Crippen LogP contribution in [0.3, 0.4) is 0 Å². The molecule has 0 heterocycles. The average Bonchev–Trinajstić information content (AvgIpc) is 2.04. The van der Waals surface area contributed by atoms with Gasteiger partial charge in [-0.3, -0.25) is 5.41 Å². The Morgan fingerprint density at radius 1 is 1.30 bits per heavy atom. The fourth-order valence-corrected chi connectivity index (χ4v) is 0.753. The molecular formula is C8H10N2. The number of rotatable bonds is 0. The molecule has 0 saturated carbocycles. The molecule has 3 N–H and O–H groups in total. The topological polar surface area (TPSA) is 49.9 Å². The maximum Gasteiger partial charge on any atom is 0.0798 e. The molecule has 0 atom stereocenters. The summed E-state index contributed by atoms with van der Waals surface area (Å²) in [6.07, 6.45) is 0. The van der Waals surface area contributed by atoms with Gasteiger partial charge in [-0.15, -0.1) is 0 Å².